The van der Waals surface area contributed by atoms with Gasteiger partial charge < -0.3 is 5.32 Å². The minimum absolute atomic E-state index is 0.0838. The van der Waals surface area contributed by atoms with Crippen molar-refractivity contribution in [3.05, 3.63) is 35.6 Å². The van der Waals surface area contributed by atoms with Crippen molar-refractivity contribution in [2.75, 3.05) is 6.54 Å². The summed E-state index contributed by atoms with van der Waals surface area (Å²) in [7, 11) is 0. The van der Waals surface area contributed by atoms with E-state index in [9.17, 15) is 4.39 Å². The molecule has 0 heterocycles. The van der Waals surface area contributed by atoms with Gasteiger partial charge in [0, 0.05) is 11.6 Å². The highest BCUT2D eigenvalue weighted by molar-refractivity contribution is 5.20. The van der Waals surface area contributed by atoms with E-state index >= 15 is 0 Å². The summed E-state index contributed by atoms with van der Waals surface area (Å²) in [6.45, 7) is 7.38. The predicted molar refractivity (Wildman–Crippen MR) is 66.9 cm³/mol. The first-order valence-electron chi connectivity index (χ1n) is 6.13. The van der Waals surface area contributed by atoms with Crippen molar-refractivity contribution in [3.8, 4) is 0 Å². The highest BCUT2D eigenvalue weighted by atomic mass is 19.1. The normalized spacial score (nSPS) is 14.8. The monoisotopic (exact) mass is 223 g/mol. The Labute approximate surface area is 98.1 Å². The quantitative estimate of drug-likeness (QED) is 0.771. The molecule has 0 radical (unpaired) electrons. The molecule has 2 atom stereocenters. The highest BCUT2D eigenvalue weighted by Crippen LogP contribution is 2.16. The minimum atomic E-state index is -0.120. The molecule has 0 saturated carbocycles. The first kappa shape index (κ1) is 13.2. The Morgan fingerprint density at radius 1 is 1.25 bits per heavy atom. The molecular weight excluding hydrogens is 201 g/mol. The van der Waals surface area contributed by atoms with Crippen LogP contribution in [0.25, 0.3) is 0 Å². The van der Waals surface area contributed by atoms with Crippen molar-refractivity contribution < 1.29 is 4.39 Å². The Hall–Kier alpha value is -0.890. The number of benzene rings is 1. The topological polar surface area (TPSA) is 12.0 Å². The summed E-state index contributed by atoms with van der Waals surface area (Å²) in [4.78, 5) is 0. The Morgan fingerprint density at radius 3 is 2.56 bits per heavy atom. The van der Waals surface area contributed by atoms with Gasteiger partial charge in [-0.2, -0.15) is 0 Å². The van der Waals surface area contributed by atoms with Crippen LogP contribution in [-0.2, 0) is 0 Å². The lowest BCUT2D eigenvalue weighted by molar-refractivity contribution is 0.436. The average molecular weight is 223 g/mol. The van der Waals surface area contributed by atoms with Crippen LogP contribution in [0.1, 0.15) is 45.2 Å². The summed E-state index contributed by atoms with van der Waals surface area (Å²) in [5, 5.41) is 3.38. The summed E-state index contributed by atoms with van der Waals surface area (Å²) >= 11 is 0. The number of rotatable bonds is 6. The number of halogens is 1. The number of hydrogen-bond acceptors (Lipinski definition) is 1. The standard InChI is InChI=1S/C14H22FN/c1-4-7-11(2)10-16-12(3)13-8-5-6-9-14(13)15/h5-6,8-9,11-12,16H,4,7,10H2,1-3H3/t11?,12-/m1/s1. The molecule has 1 aromatic carbocycles. The Balaban J connectivity index is 2.46. The SMILES string of the molecule is CCCC(C)CN[C@H](C)c1ccccc1F. The van der Waals surface area contributed by atoms with E-state index in [1.165, 1.54) is 18.9 Å². The van der Waals surface area contributed by atoms with Gasteiger partial charge in [0.25, 0.3) is 0 Å². The van der Waals surface area contributed by atoms with Crippen LogP contribution in [-0.4, -0.2) is 6.54 Å². The summed E-state index contributed by atoms with van der Waals surface area (Å²) in [6.07, 6.45) is 2.42. The summed E-state index contributed by atoms with van der Waals surface area (Å²) < 4.78 is 13.5. The molecule has 0 aliphatic rings. The van der Waals surface area contributed by atoms with Crippen molar-refractivity contribution in [2.24, 2.45) is 5.92 Å². The van der Waals surface area contributed by atoms with Gasteiger partial charge >= 0.3 is 0 Å². The molecule has 90 valence electrons. The third-order valence-electron chi connectivity index (χ3n) is 2.93. The Bertz CT molecular complexity index is 311. The second-order valence-electron chi connectivity index (χ2n) is 4.55. The fourth-order valence-electron chi connectivity index (χ4n) is 1.91. The smallest absolute Gasteiger partial charge is 0.127 e. The first-order chi connectivity index (χ1) is 7.65. The lowest BCUT2D eigenvalue weighted by Crippen LogP contribution is -2.25. The zero-order valence-electron chi connectivity index (χ0n) is 10.5. The molecule has 2 heteroatoms. The number of nitrogens with one attached hydrogen (secondary N) is 1. The van der Waals surface area contributed by atoms with E-state index < -0.39 is 0 Å². The van der Waals surface area contributed by atoms with Crippen molar-refractivity contribution in [2.45, 2.75) is 39.7 Å². The van der Waals surface area contributed by atoms with Gasteiger partial charge in [0.05, 0.1) is 0 Å². The molecule has 1 unspecified atom stereocenters. The summed E-state index contributed by atoms with van der Waals surface area (Å²) in [6, 6.07) is 7.05. The molecule has 1 nitrogen and oxygen atoms in total. The van der Waals surface area contributed by atoms with Gasteiger partial charge in [-0.15, -0.1) is 0 Å². The van der Waals surface area contributed by atoms with Crippen molar-refractivity contribution >= 4 is 0 Å². The minimum Gasteiger partial charge on any atom is -0.310 e. The molecule has 0 aliphatic carbocycles. The maximum absolute atomic E-state index is 13.5. The average Bonchev–Trinajstić information content (AvgIpc) is 2.27. The van der Waals surface area contributed by atoms with E-state index in [2.05, 4.69) is 19.2 Å². The van der Waals surface area contributed by atoms with Gasteiger partial charge in [0.2, 0.25) is 0 Å². The molecule has 0 aromatic heterocycles. The van der Waals surface area contributed by atoms with Crippen LogP contribution in [0.3, 0.4) is 0 Å². The zero-order chi connectivity index (χ0) is 12.0. The second kappa shape index (κ2) is 6.64. The molecule has 0 amide bonds. The molecule has 1 rings (SSSR count). The van der Waals surface area contributed by atoms with Gasteiger partial charge in [0.15, 0.2) is 0 Å². The molecule has 1 aromatic rings. The lowest BCUT2D eigenvalue weighted by Gasteiger charge is -2.18. The molecule has 0 saturated heterocycles. The first-order valence-corrected chi connectivity index (χ1v) is 6.13. The van der Waals surface area contributed by atoms with E-state index in [4.69, 9.17) is 0 Å². The number of hydrogen-bond donors (Lipinski definition) is 1. The van der Waals surface area contributed by atoms with E-state index in [0.717, 1.165) is 12.1 Å². The van der Waals surface area contributed by atoms with Crippen LogP contribution >= 0.6 is 0 Å². The van der Waals surface area contributed by atoms with E-state index in [-0.39, 0.29) is 11.9 Å². The fourth-order valence-corrected chi connectivity index (χ4v) is 1.91. The Kier molecular flexibility index (Phi) is 5.47. The molecule has 0 spiro atoms. The van der Waals surface area contributed by atoms with E-state index in [1.807, 2.05) is 19.1 Å². The largest absolute Gasteiger partial charge is 0.310 e. The zero-order valence-corrected chi connectivity index (χ0v) is 10.5. The summed E-state index contributed by atoms with van der Waals surface area (Å²) in [5.41, 5.74) is 0.756. The lowest BCUT2D eigenvalue weighted by atomic mass is 10.0. The second-order valence-corrected chi connectivity index (χ2v) is 4.55. The molecule has 0 fully saturated rings. The summed E-state index contributed by atoms with van der Waals surface area (Å²) in [5.74, 6) is 0.532. The van der Waals surface area contributed by atoms with Gasteiger partial charge in [-0.3, -0.25) is 0 Å². The maximum atomic E-state index is 13.5. The van der Waals surface area contributed by atoms with Crippen LogP contribution in [0.5, 0.6) is 0 Å². The molecule has 1 N–H and O–H groups in total. The van der Waals surface area contributed by atoms with Crippen LogP contribution in [0.2, 0.25) is 0 Å². The fraction of sp³-hybridized carbons (Fsp3) is 0.571. The predicted octanol–water partition coefficient (Wildman–Crippen LogP) is 3.91. The van der Waals surface area contributed by atoms with E-state index in [0.29, 0.717) is 5.92 Å². The van der Waals surface area contributed by atoms with Crippen LogP contribution < -0.4 is 5.32 Å². The Morgan fingerprint density at radius 2 is 1.94 bits per heavy atom. The van der Waals surface area contributed by atoms with Crippen molar-refractivity contribution in [3.63, 3.8) is 0 Å². The van der Waals surface area contributed by atoms with Crippen LogP contribution in [0, 0.1) is 11.7 Å². The van der Waals surface area contributed by atoms with E-state index in [1.54, 1.807) is 6.07 Å². The van der Waals surface area contributed by atoms with Gasteiger partial charge in [0.1, 0.15) is 5.82 Å². The molecular formula is C14H22FN. The van der Waals surface area contributed by atoms with Gasteiger partial charge in [-0.25, -0.2) is 4.39 Å². The molecule has 0 bridgehead atoms. The van der Waals surface area contributed by atoms with Crippen LogP contribution in [0.15, 0.2) is 24.3 Å². The highest BCUT2D eigenvalue weighted by Gasteiger charge is 2.10. The molecule has 16 heavy (non-hydrogen) atoms. The van der Waals surface area contributed by atoms with Crippen molar-refractivity contribution in [1.29, 1.82) is 0 Å². The third kappa shape index (κ3) is 3.93. The third-order valence-corrected chi connectivity index (χ3v) is 2.93. The van der Waals surface area contributed by atoms with Crippen molar-refractivity contribution in [1.82, 2.24) is 5.32 Å². The molecule has 0 aliphatic heterocycles. The van der Waals surface area contributed by atoms with Gasteiger partial charge in [-0.05, 0) is 31.9 Å². The maximum Gasteiger partial charge on any atom is 0.127 e. The van der Waals surface area contributed by atoms with Gasteiger partial charge in [-0.1, -0.05) is 38.5 Å². The van der Waals surface area contributed by atoms with Crippen LogP contribution in [0.4, 0.5) is 4.39 Å².